The molecule has 0 fully saturated rings. The first-order valence-corrected chi connectivity index (χ1v) is 4.94. The van der Waals surface area contributed by atoms with Crippen LogP contribution < -0.4 is 11.5 Å². The summed E-state index contributed by atoms with van der Waals surface area (Å²) in [5.41, 5.74) is 14.0. The van der Waals surface area contributed by atoms with Gasteiger partial charge in [-0.1, -0.05) is 12.1 Å². The zero-order valence-corrected chi connectivity index (χ0v) is 8.97. The Morgan fingerprint density at radius 3 is 2.50 bits per heavy atom. The van der Waals surface area contributed by atoms with Crippen LogP contribution >= 0.6 is 0 Å². The minimum absolute atomic E-state index is 0.425. The van der Waals surface area contributed by atoms with Crippen molar-refractivity contribution in [2.45, 2.75) is 6.92 Å². The molecule has 0 saturated heterocycles. The number of rotatable bonds is 2. The molecule has 0 spiro atoms. The van der Waals surface area contributed by atoms with Crippen molar-refractivity contribution >= 4 is 11.6 Å². The van der Waals surface area contributed by atoms with Crippen molar-refractivity contribution in [2.24, 2.45) is 5.73 Å². The highest BCUT2D eigenvalue weighted by atomic mass is 16.1. The molecule has 82 valence electrons. The number of anilines is 1. The van der Waals surface area contributed by atoms with E-state index in [1.54, 1.807) is 12.3 Å². The molecule has 16 heavy (non-hydrogen) atoms. The largest absolute Gasteiger partial charge is 0.397 e. The number of para-hydroxylation sites is 2. The molecular formula is C12H13N3O. The summed E-state index contributed by atoms with van der Waals surface area (Å²) in [5, 5.41) is 0. The van der Waals surface area contributed by atoms with E-state index in [2.05, 4.69) is 0 Å². The fourth-order valence-electron chi connectivity index (χ4n) is 1.74. The van der Waals surface area contributed by atoms with Crippen LogP contribution in [-0.4, -0.2) is 10.5 Å². The molecule has 0 radical (unpaired) electrons. The standard InChI is InChI=1S/C12H13N3O/c1-8-9(12(14)16)6-7-15(8)11-5-3-2-4-10(11)13/h2-7H,13H2,1H3,(H2,14,16). The van der Waals surface area contributed by atoms with Crippen molar-refractivity contribution in [3.05, 3.63) is 47.8 Å². The van der Waals surface area contributed by atoms with Crippen molar-refractivity contribution in [3.8, 4) is 5.69 Å². The summed E-state index contributed by atoms with van der Waals surface area (Å²) in [4.78, 5) is 11.1. The number of carbonyl (C=O) groups is 1. The summed E-state index contributed by atoms with van der Waals surface area (Å²) in [6.07, 6.45) is 1.79. The lowest BCUT2D eigenvalue weighted by Crippen LogP contribution is -2.12. The molecular weight excluding hydrogens is 202 g/mol. The lowest BCUT2D eigenvalue weighted by Gasteiger charge is -2.09. The van der Waals surface area contributed by atoms with Gasteiger partial charge in [-0.25, -0.2) is 0 Å². The minimum Gasteiger partial charge on any atom is -0.397 e. The van der Waals surface area contributed by atoms with Crippen molar-refractivity contribution in [1.29, 1.82) is 0 Å². The van der Waals surface area contributed by atoms with Gasteiger partial charge in [-0.05, 0) is 25.1 Å². The second kappa shape index (κ2) is 3.73. The van der Waals surface area contributed by atoms with E-state index in [9.17, 15) is 4.79 Å². The maximum atomic E-state index is 11.1. The number of primary amides is 1. The van der Waals surface area contributed by atoms with Crippen LogP contribution in [0.5, 0.6) is 0 Å². The highest BCUT2D eigenvalue weighted by Crippen LogP contribution is 2.21. The molecule has 1 aromatic carbocycles. The predicted octanol–water partition coefficient (Wildman–Crippen LogP) is 1.47. The molecule has 4 heteroatoms. The Morgan fingerprint density at radius 2 is 1.94 bits per heavy atom. The van der Waals surface area contributed by atoms with Gasteiger partial charge in [0, 0.05) is 11.9 Å². The summed E-state index contributed by atoms with van der Waals surface area (Å²) in [6, 6.07) is 9.18. The maximum absolute atomic E-state index is 11.1. The third kappa shape index (κ3) is 1.54. The van der Waals surface area contributed by atoms with E-state index in [0.717, 1.165) is 11.4 Å². The smallest absolute Gasteiger partial charge is 0.250 e. The molecule has 0 atom stereocenters. The first kappa shape index (κ1) is 10.3. The van der Waals surface area contributed by atoms with E-state index < -0.39 is 5.91 Å². The van der Waals surface area contributed by atoms with Crippen LogP contribution in [-0.2, 0) is 0 Å². The van der Waals surface area contributed by atoms with Crippen LogP contribution in [0.25, 0.3) is 5.69 Å². The van der Waals surface area contributed by atoms with Gasteiger partial charge in [-0.15, -0.1) is 0 Å². The molecule has 0 saturated carbocycles. The molecule has 0 bridgehead atoms. The fraction of sp³-hybridized carbons (Fsp3) is 0.0833. The van der Waals surface area contributed by atoms with Crippen molar-refractivity contribution in [1.82, 2.24) is 4.57 Å². The normalized spacial score (nSPS) is 10.3. The lowest BCUT2D eigenvalue weighted by molar-refractivity contribution is 0.1000. The minimum atomic E-state index is -0.425. The summed E-state index contributed by atoms with van der Waals surface area (Å²) in [7, 11) is 0. The van der Waals surface area contributed by atoms with Gasteiger partial charge in [0.05, 0.1) is 16.9 Å². The van der Waals surface area contributed by atoms with Gasteiger partial charge in [-0.3, -0.25) is 4.79 Å². The highest BCUT2D eigenvalue weighted by molar-refractivity contribution is 5.94. The average molecular weight is 215 g/mol. The van der Waals surface area contributed by atoms with Crippen LogP contribution in [0.4, 0.5) is 5.69 Å². The highest BCUT2D eigenvalue weighted by Gasteiger charge is 2.11. The summed E-state index contributed by atoms with van der Waals surface area (Å²) in [6.45, 7) is 1.84. The van der Waals surface area contributed by atoms with Gasteiger partial charge >= 0.3 is 0 Å². The summed E-state index contributed by atoms with van der Waals surface area (Å²) < 4.78 is 1.86. The molecule has 0 unspecified atom stereocenters. The Hall–Kier alpha value is -2.23. The van der Waals surface area contributed by atoms with Crippen LogP contribution in [0, 0.1) is 6.92 Å². The average Bonchev–Trinajstić information content (AvgIpc) is 2.61. The molecule has 0 aliphatic carbocycles. The molecule has 2 aromatic rings. The van der Waals surface area contributed by atoms with Gasteiger partial charge < -0.3 is 16.0 Å². The molecule has 4 N–H and O–H groups in total. The zero-order valence-electron chi connectivity index (χ0n) is 8.97. The van der Waals surface area contributed by atoms with Crippen molar-refractivity contribution in [3.63, 3.8) is 0 Å². The Bertz CT molecular complexity index is 543. The quantitative estimate of drug-likeness (QED) is 0.744. The number of amides is 1. The van der Waals surface area contributed by atoms with E-state index >= 15 is 0 Å². The first-order valence-electron chi connectivity index (χ1n) is 4.94. The fourth-order valence-corrected chi connectivity index (χ4v) is 1.74. The summed E-state index contributed by atoms with van der Waals surface area (Å²) in [5.74, 6) is -0.425. The maximum Gasteiger partial charge on any atom is 0.250 e. The van der Waals surface area contributed by atoms with Crippen LogP contribution in [0.15, 0.2) is 36.5 Å². The Labute approximate surface area is 93.5 Å². The number of nitrogen functional groups attached to an aromatic ring is 1. The van der Waals surface area contributed by atoms with Crippen molar-refractivity contribution in [2.75, 3.05) is 5.73 Å². The third-order valence-electron chi connectivity index (χ3n) is 2.60. The van der Waals surface area contributed by atoms with Crippen LogP contribution in [0.2, 0.25) is 0 Å². The van der Waals surface area contributed by atoms with E-state index in [0.29, 0.717) is 11.3 Å². The number of hydrogen-bond acceptors (Lipinski definition) is 2. The Morgan fingerprint density at radius 1 is 1.25 bits per heavy atom. The summed E-state index contributed by atoms with van der Waals surface area (Å²) >= 11 is 0. The molecule has 0 aliphatic heterocycles. The SMILES string of the molecule is Cc1c(C(N)=O)ccn1-c1ccccc1N. The zero-order chi connectivity index (χ0) is 11.7. The number of carbonyl (C=O) groups excluding carboxylic acids is 1. The van der Waals surface area contributed by atoms with E-state index in [1.165, 1.54) is 0 Å². The van der Waals surface area contributed by atoms with Crippen LogP contribution in [0.1, 0.15) is 16.1 Å². The van der Waals surface area contributed by atoms with Gasteiger partial charge in [0.2, 0.25) is 0 Å². The number of aromatic nitrogens is 1. The molecule has 1 heterocycles. The number of hydrogen-bond donors (Lipinski definition) is 2. The molecule has 0 aliphatic rings. The first-order chi connectivity index (χ1) is 7.61. The van der Waals surface area contributed by atoms with Crippen LogP contribution in [0.3, 0.4) is 0 Å². The predicted molar refractivity (Wildman–Crippen MR) is 63.4 cm³/mol. The Kier molecular flexibility index (Phi) is 2.40. The van der Waals surface area contributed by atoms with Gasteiger partial charge in [-0.2, -0.15) is 0 Å². The van der Waals surface area contributed by atoms with E-state index in [-0.39, 0.29) is 0 Å². The lowest BCUT2D eigenvalue weighted by atomic mass is 10.2. The Balaban J connectivity index is 2.58. The molecule has 4 nitrogen and oxygen atoms in total. The molecule has 1 aromatic heterocycles. The number of nitrogens with zero attached hydrogens (tertiary/aromatic N) is 1. The second-order valence-electron chi connectivity index (χ2n) is 3.61. The van der Waals surface area contributed by atoms with Gasteiger partial charge in [0.15, 0.2) is 0 Å². The van der Waals surface area contributed by atoms with E-state index in [1.807, 2.05) is 35.8 Å². The van der Waals surface area contributed by atoms with E-state index in [4.69, 9.17) is 11.5 Å². The molecule has 2 rings (SSSR count). The van der Waals surface area contributed by atoms with Gasteiger partial charge in [0.1, 0.15) is 0 Å². The number of benzene rings is 1. The number of nitrogens with two attached hydrogens (primary N) is 2. The monoisotopic (exact) mass is 215 g/mol. The van der Waals surface area contributed by atoms with Gasteiger partial charge in [0.25, 0.3) is 5.91 Å². The van der Waals surface area contributed by atoms with Crippen molar-refractivity contribution < 1.29 is 4.79 Å². The molecule has 1 amide bonds. The second-order valence-corrected chi connectivity index (χ2v) is 3.61. The third-order valence-corrected chi connectivity index (χ3v) is 2.60. The topological polar surface area (TPSA) is 74.0 Å².